The molecule has 2 rings (SSSR count). The number of morpholine rings is 1. The van der Waals surface area contributed by atoms with E-state index in [2.05, 4.69) is 24.5 Å². The molecule has 2 fully saturated rings. The number of halogens is 1. The maximum Gasteiger partial charge on any atom is 0.221 e. The molecule has 5 nitrogen and oxygen atoms in total. The Morgan fingerprint density at radius 1 is 1.36 bits per heavy atom. The lowest BCUT2D eigenvalue weighted by Gasteiger charge is -2.55. The van der Waals surface area contributed by atoms with Crippen molar-refractivity contribution in [2.45, 2.75) is 64.6 Å². The van der Waals surface area contributed by atoms with Crippen LogP contribution in [-0.2, 0) is 14.3 Å². The van der Waals surface area contributed by atoms with E-state index in [0.717, 1.165) is 39.0 Å². The van der Waals surface area contributed by atoms with Gasteiger partial charge in [0.2, 0.25) is 5.91 Å². The molecule has 6 heteroatoms. The molecule has 1 saturated carbocycles. The van der Waals surface area contributed by atoms with Gasteiger partial charge >= 0.3 is 0 Å². The van der Waals surface area contributed by atoms with Crippen LogP contribution in [0.2, 0.25) is 0 Å². The molecule has 130 valence electrons. The van der Waals surface area contributed by atoms with E-state index >= 15 is 0 Å². The summed E-state index contributed by atoms with van der Waals surface area (Å²) >= 11 is 0. The van der Waals surface area contributed by atoms with Crippen molar-refractivity contribution in [2.75, 3.05) is 26.4 Å². The van der Waals surface area contributed by atoms with Crippen LogP contribution < -0.4 is 10.6 Å². The summed E-state index contributed by atoms with van der Waals surface area (Å²) in [7, 11) is 0. The molecule has 0 aromatic heterocycles. The lowest BCUT2D eigenvalue weighted by Crippen LogP contribution is -2.64. The molecule has 0 aromatic rings. The van der Waals surface area contributed by atoms with Crippen LogP contribution in [0.3, 0.4) is 0 Å². The molecule has 0 spiro atoms. The van der Waals surface area contributed by atoms with Crippen LogP contribution in [0.25, 0.3) is 0 Å². The molecule has 1 saturated heterocycles. The zero-order valence-corrected chi connectivity index (χ0v) is 14.8. The third kappa shape index (κ3) is 4.13. The molecular formula is C16H31ClN2O3. The van der Waals surface area contributed by atoms with Crippen molar-refractivity contribution in [1.82, 2.24) is 10.6 Å². The van der Waals surface area contributed by atoms with Gasteiger partial charge in [0.1, 0.15) is 0 Å². The Morgan fingerprint density at radius 2 is 2.09 bits per heavy atom. The smallest absolute Gasteiger partial charge is 0.221 e. The Hall–Kier alpha value is -0.360. The first-order chi connectivity index (χ1) is 10.2. The highest BCUT2D eigenvalue weighted by Crippen LogP contribution is 2.48. The number of rotatable bonds is 7. The molecular weight excluding hydrogens is 304 g/mol. The van der Waals surface area contributed by atoms with Crippen LogP contribution in [0.4, 0.5) is 0 Å². The van der Waals surface area contributed by atoms with Crippen molar-refractivity contribution in [3.63, 3.8) is 0 Å². The number of ether oxygens (including phenoxy) is 2. The second-order valence-corrected chi connectivity index (χ2v) is 6.17. The third-order valence-corrected chi connectivity index (χ3v) is 5.23. The zero-order chi connectivity index (χ0) is 15.3. The Labute approximate surface area is 140 Å². The minimum Gasteiger partial charge on any atom is -0.378 e. The Morgan fingerprint density at radius 3 is 2.64 bits per heavy atom. The van der Waals surface area contributed by atoms with Gasteiger partial charge in [-0.2, -0.15) is 0 Å². The van der Waals surface area contributed by atoms with Crippen LogP contribution in [0, 0.1) is 5.41 Å². The predicted molar refractivity (Wildman–Crippen MR) is 89.5 cm³/mol. The molecule has 1 aliphatic heterocycles. The van der Waals surface area contributed by atoms with Gasteiger partial charge in [0.25, 0.3) is 0 Å². The van der Waals surface area contributed by atoms with E-state index < -0.39 is 0 Å². The van der Waals surface area contributed by atoms with Crippen molar-refractivity contribution in [3.05, 3.63) is 0 Å². The molecule has 0 bridgehead atoms. The zero-order valence-electron chi connectivity index (χ0n) is 14.0. The molecule has 2 aliphatic rings. The molecule has 3 unspecified atom stereocenters. The number of amides is 1. The molecule has 1 amide bonds. The molecule has 2 N–H and O–H groups in total. The summed E-state index contributed by atoms with van der Waals surface area (Å²) in [6, 6.07) is 0.403. The number of carbonyl (C=O) groups is 1. The Bertz CT molecular complexity index is 344. The van der Waals surface area contributed by atoms with Crippen molar-refractivity contribution in [1.29, 1.82) is 0 Å². The van der Waals surface area contributed by atoms with Crippen LogP contribution in [0.1, 0.15) is 46.5 Å². The summed E-state index contributed by atoms with van der Waals surface area (Å²) in [5, 5.41) is 6.56. The van der Waals surface area contributed by atoms with E-state index in [-0.39, 0.29) is 35.8 Å². The molecule has 0 aromatic carbocycles. The summed E-state index contributed by atoms with van der Waals surface area (Å²) in [6.45, 7) is 9.39. The fourth-order valence-corrected chi connectivity index (χ4v) is 3.81. The summed E-state index contributed by atoms with van der Waals surface area (Å²) in [5.74, 6) is 0.129. The van der Waals surface area contributed by atoms with E-state index in [1.165, 1.54) is 0 Å². The van der Waals surface area contributed by atoms with Gasteiger partial charge < -0.3 is 20.1 Å². The molecule has 22 heavy (non-hydrogen) atoms. The van der Waals surface area contributed by atoms with Gasteiger partial charge in [-0.15, -0.1) is 12.4 Å². The van der Waals surface area contributed by atoms with Gasteiger partial charge in [-0.05, 0) is 26.2 Å². The van der Waals surface area contributed by atoms with Gasteiger partial charge in [-0.3, -0.25) is 4.79 Å². The maximum atomic E-state index is 12.3. The lowest BCUT2D eigenvalue weighted by molar-refractivity contribution is -0.149. The largest absolute Gasteiger partial charge is 0.378 e. The monoisotopic (exact) mass is 334 g/mol. The Kier molecular flexibility index (Phi) is 8.11. The van der Waals surface area contributed by atoms with Crippen molar-refractivity contribution < 1.29 is 14.3 Å². The minimum absolute atomic E-state index is 0. The second-order valence-electron chi connectivity index (χ2n) is 6.17. The van der Waals surface area contributed by atoms with E-state index in [0.29, 0.717) is 19.1 Å². The quantitative estimate of drug-likeness (QED) is 0.746. The maximum absolute atomic E-state index is 12.3. The predicted octanol–water partition coefficient (Wildman–Crippen LogP) is 1.89. The first-order valence-electron chi connectivity index (χ1n) is 8.38. The first kappa shape index (κ1) is 19.7. The topological polar surface area (TPSA) is 59.6 Å². The van der Waals surface area contributed by atoms with Gasteiger partial charge in [-0.1, -0.05) is 13.8 Å². The standard InChI is InChI=1S/C16H30N2O3.ClH/c1-4-16(5-2)13(10-14(16)21-6-3)18-15(19)9-12-11-20-8-7-17-12;/h12-14,17H,4-11H2,1-3H3,(H,18,19);1H. The number of nitrogens with one attached hydrogen (secondary N) is 2. The number of carbonyl (C=O) groups excluding carboxylic acids is 1. The summed E-state index contributed by atoms with van der Waals surface area (Å²) < 4.78 is 11.3. The SMILES string of the molecule is CCOC1CC(NC(=O)CC2COCCN2)C1(CC)CC.Cl. The average molecular weight is 335 g/mol. The normalized spacial score (nSPS) is 30.0. The fraction of sp³-hybridized carbons (Fsp3) is 0.938. The van der Waals surface area contributed by atoms with Crippen molar-refractivity contribution in [3.8, 4) is 0 Å². The highest BCUT2D eigenvalue weighted by molar-refractivity contribution is 5.85. The van der Waals surface area contributed by atoms with E-state index in [1.807, 2.05) is 6.92 Å². The van der Waals surface area contributed by atoms with Gasteiger partial charge in [0, 0.05) is 37.1 Å². The fourth-order valence-electron chi connectivity index (χ4n) is 3.81. The summed E-state index contributed by atoms with van der Waals surface area (Å²) in [4.78, 5) is 12.3. The molecule has 1 heterocycles. The summed E-state index contributed by atoms with van der Waals surface area (Å²) in [5.41, 5.74) is 0.113. The third-order valence-electron chi connectivity index (χ3n) is 5.23. The highest BCUT2D eigenvalue weighted by atomic mass is 35.5. The van der Waals surface area contributed by atoms with Gasteiger partial charge in [-0.25, -0.2) is 0 Å². The van der Waals surface area contributed by atoms with Gasteiger partial charge in [0.15, 0.2) is 0 Å². The van der Waals surface area contributed by atoms with E-state index in [9.17, 15) is 4.79 Å². The molecule has 1 aliphatic carbocycles. The first-order valence-corrected chi connectivity index (χ1v) is 8.38. The molecule has 0 radical (unpaired) electrons. The van der Waals surface area contributed by atoms with E-state index in [1.54, 1.807) is 0 Å². The number of hydrogen-bond acceptors (Lipinski definition) is 4. The molecule has 3 atom stereocenters. The lowest BCUT2D eigenvalue weighted by atomic mass is 9.58. The van der Waals surface area contributed by atoms with Crippen LogP contribution >= 0.6 is 12.4 Å². The average Bonchev–Trinajstić information content (AvgIpc) is 2.48. The van der Waals surface area contributed by atoms with Crippen LogP contribution in [0.5, 0.6) is 0 Å². The highest BCUT2D eigenvalue weighted by Gasteiger charge is 2.53. The summed E-state index contributed by atoms with van der Waals surface area (Å²) in [6.07, 6.45) is 3.82. The second kappa shape index (κ2) is 9.06. The Balaban J connectivity index is 0.00000242. The van der Waals surface area contributed by atoms with Crippen LogP contribution in [-0.4, -0.2) is 50.5 Å². The number of hydrogen-bond donors (Lipinski definition) is 2. The van der Waals surface area contributed by atoms with E-state index in [4.69, 9.17) is 9.47 Å². The van der Waals surface area contributed by atoms with Gasteiger partial charge in [0.05, 0.1) is 19.3 Å². The minimum atomic E-state index is 0. The van der Waals surface area contributed by atoms with Crippen LogP contribution in [0.15, 0.2) is 0 Å². The van der Waals surface area contributed by atoms with Crippen molar-refractivity contribution in [2.24, 2.45) is 5.41 Å². The van der Waals surface area contributed by atoms with Crippen molar-refractivity contribution >= 4 is 18.3 Å².